The Morgan fingerprint density at radius 3 is 2.00 bits per heavy atom. The second-order valence-electron chi connectivity index (χ2n) is 5.40. The molecule has 1 N–H and O–H groups in total. The summed E-state index contributed by atoms with van der Waals surface area (Å²) in [6.45, 7) is 11.2. The second kappa shape index (κ2) is 4.17. The topological polar surface area (TPSA) is 26.7 Å². The van der Waals surface area contributed by atoms with Crippen LogP contribution in [0.5, 0.6) is 0 Å². The van der Waals surface area contributed by atoms with Crippen molar-refractivity contribution in [1.29, 1.82) is 0 Å². The zero-order valence-corrected chi connectivity index (χ0v) is 10.1. The first kappa shape index (κ1) is 12.0. The second-order valence-corrected chi connectivity index (χ2v) is 5.40. The highest BCUT2D eigenvalue weighted by atomic mass is 16.3. The molecule has 1 aliphatic rings. The summed E-state index contributed by atoms with van der Waals surface area (Å²) >= 11 is 0. The molecule has 0 spiro atoms. The van der Waals surface area contributed by atoms with Crippen LogP contribution in [0.3, 0.4) is 0 Å². The van der Waals surface area contributed by atoms with Gasteiger partial charge >= 0.3 is 0 Å². The van der Waals surface area contributed by atoms with Gasteiger partial charge in [-0.25, -0.2) is 0 Å². The van der Waals surface area contributed by atoms with Gasteiger partial charge in [0.25, 0.3) is 0 Å². The van der Waals surface area contributed by atoms with Crippen molar-refractivity contribution in [3.05, 3.63) is 0 Å². The van der Waals surface area contributed by atoms with Crippen molar-refractivity contribution >= 4 is 0 Å². The van der Waals surface area contributed by atoms with Crippen molar-refractivity contribution in [2.75, 3.05) is 26.7 Å². The molecule has 1 heterocycles. The van der Waals surface area contributed by atoms with Crippen LogP contribution in [-0.2, 0) is 0 Å². The van der Waals surface area contributed by atoms with Crippen molar-refractivity contribution in [3.63, 3.8) is 0 Å². The number of rotatable bonds is 2. The molecule has 2 unspecified atom stereocenters. The molecular formula is C11H24N2O. The Hall–Kier alpha value is -0.120. The third-order valence-electron chi connectivity index (χ3n) is 2.85. The fourth-order valence-electron chi connectivity index (χ4n) is 2.38. The lowest BCUT2D eigenvalue weighted by Crippen LogP contribution is -2.58. The van der Waals surface area contributed by atoms with Crippen LogP contribution in [0.15, 0.2) is 0 Å². The fourth-order valence-corrected chi connectivity index (χ4v) is 2.38. The Bertz CT molecular complexity index is 176. The molecule has 0 aromatic rings. The van der Waals surface area contributed by atoms with Crippen LogP contribution in [0, 0.1) is 0 Å². The van der Waals surface area contributed by atoms with Gasteiger partial charge in [-0.3, -0.25) is 4.90 Å². The van der Waals surface area contributed by atoms with Gasteiger partial charge in [-0.05, 0) is 34.7 Å². The van der Waals surface area contributed by atoms with Crippen molar-refractivity contribution in [1.82, 2.24) is 9.80 Å². The van der Waals surface area contributed by atoms with Crippen molar-refractivity contribution < 1.29 is 5.11 Å². The lowest BCUT2D eigenvalue weighted by molar-refractivity contribution is -0.0232. The molecule has 1 fully saturated rings. The lowest BCUT2D eigenvalue weighted by atomic mass is 10.0. The van der Waals surface area contributed by atoms with E-state index in [1.165, 1.54) is 0 Å². The smallest absolute Gasteiger partial charge is 0.0718 e. The first-order valence-corrected chi connectivity index (χ1v) is 5.46. The summed E-state index contributed by atoms with van der Waals surface area (Å²) in [6, 6.07) is 1.07. The van der Waals surface area contributed by atoms with E-state index in [-0.39, 0.29) is 0 Å². The minimum absolute atomic E-state index is 0.537. The molecule has 1 saturated heterocycles. The molecule has 0 amide bonds. The summed E-state index contributed by atoms with van der Waals surface area (Å²) in [6.07, 6.45) is 0. The third kappa shape index (κ3) is 3.23. The molecule has 3 heteroatoms. The van der Waals surface area contributed by atoms with E-state index in [2.05, 4.69) is 30.7 Å². The van der Waals surface area contributed by atoms with Crippen molar-refractivity contribution in [2.45, 2.75) is 45.4 Å². The minimum atomic E-state index is -0.585. The molecule has 0 bridgehead atoms. The van der Waals surface area contributed by atoms with Gasteiger partial charge in [-0.15, -0.1) is 0 Å². The van der Waals surface area contributed by atoms with E-state index in [4.69, 9.17) is 0 Å². The van der Waals surface area contributed by atoms with Crippen LogP contribution < -0.4 is 0 Å². The number of likely N-dealkylation sites (N-methyl/N-ethyl adjacent to an activating group) is 1. The van der Waals surface area contributed by atoms with Crippen molar-refractivity contribution in [2.24, 2.45) is 0 Å². The van der Waals surface area contributed by atoms with Crippen LogP contribution >= 0.6 is 0 Å². The van der Waals surface area contributed by atoms with E-state index in [1.54, 1.807) is 0 Å². The summed E-state index contributed by atoms with van der Waals surface area (Å²) in [5.41, 5.74) is -0.585. The third-order valence-corrected chi connectivity index (χ3v) is 2.85. The summed E-state index contributed by atoms with van der Waals surface area (Å²) in [5, 5.41) is 9.82. The zero-order chi connectivity index (χ0) is 10.9. The molecule has 0 aromatic heterocycles. The van der Waals surface area contributed by atoms with E-state index < -0.39 is 5.60 Å². The van der Waals surface area contributed by atoms with E-state index in [1.807, 2.05) is 13.8 Å². The molecule has 1 rings (SSSR count). The van der Waals surface area contributed by atoms with Gasteiger partial charge in [-0.2, -0.15) is 0 Å². The zero-order valence-electron chi connectivity index (χ0n) is 10.1. The van der Waals surface area contributed by atoms with Gasteiger partial charge in [0.1, 0.15) is 0 Å². The molecule has 0 saturated carbocycles. The maximum absolute atomic E-state index is 9.82. The molecular weight excluding hydrogens is 176 g/mol. The maximum atomic E-state index is 9.82. The van der Waals surface area contributed by atoms with Crippen LogP contribution in [0.2, 0.25) is 0 Å². The van der Waals surface area contributed by atoms with Gasteiger partial charge in [0, 0.05) is 31.7 Å². The monoisotopic (exact) mass is 200 g/mol. The normalized spacial score (nSPS) is 32.1. The highest BCUT2D eigenvalue weighted by Gasteiger charge is 2.30. The maximum Gasteiger partial charge on any atom is 0.0718 e. The number of β-amino-alcohol motifs (C(OH)–C–C–N with tert-alkyl or cyclic N) is 1. The number of nitrogens with zero attached hydrogens (tertiary/aromatic N) is 2. The molecule has 0 radical (unpaired) electrons. The SMILES string of the molecule is CC1CN(C)CC(C)N1CC(C)(C)O. The Balaban J connectivity index is 2.58. The van der Waals surface area contributed by atoms with Crippen LogP contribution in [0.25, 0.3) is 0 Å². The predicted molar refractivity (Wildman–Crippen MR) is 59.4 cm³/mol. The van der Waals surface area contributed by atoms with Gasteiger partial charge in [0.2, 0.25) is 0 Å². The predicted octanol–water partition coefficient (Wildman–Crippen LogP) is 0.782. The molecule has 3 nitrogen and oxygen atoms in total. The molecule has 14 heavy (non-hydrogen) atoms. The molecule has 1 aliphatic heterocycles. The number of piperazine rings is 1. The molecule has 0 aromatic carbocycles. The quantitative estimate of drug-likeness (QED) is 0.713. The Labute approximate surface area is 87.7 Å². The Kier molecular flexibility index (Phi) is 3.56. The van der Waals surface area contributed by atoms with E-state index in [0.29, 0.717) is 12.1 Å². The largest absolute Gasteiger partial charge is 0.389 e. The molecule has 0 aliphatic carbocycles. The molecule has 2 atom stereocenters. The van der Waals surface area contributed by atoms with Gasteiger partial charge in [0.15, 0.2) is 0 Å². The fraction of sp³-hybridized carbons (Fsp3) is 1.00. The summed E-state index contributed by atoms with van der Waals surface area (Å²) < 4.78 is 0. The number of aliphatic hydroxyl groups is 1. The lowest BCUT2D eigenvalue weighted by Gasteiger charge is -2.45. The van der Waals surface area contributed by atoms with Gasteiger partial charge < -0.3 is 10.0 Å². The average molecular weight is 200 g/mol. The minimum Gasteiger partial charge on any atom is -0.389 e. The van der Waals surface area contributed by atoms with E-state index in [0.717, 1.165) is 19.6 Å². The standard InChI is InChI=1S/C11H24N2O/c1-9-6-12(5)7-10(2)13(9)8-11(3,4)14/h9-10,14H,6-8H2,1-5H3. The molecule has 84 valence electrons. The van der Waals surface area contributed by atoms with Crippen LogP contribution in [-0.4, -0.2) is 59.3 Å². The first-order valence-electron chi connectivity index (χ1n) is 5.46. The Morgan fingerprint density at radius 2 is 1.64 bits per heavy atom. The number of hydrogen-bond acceptors (Lipinski definition) is 3. The average Bonchev–Trinajstić information content (AvgIpc) is 1.95. The van der Waals surface area contributed by atoms with Gasteiger partial charge in [0.05, 0.1) is 5.60 Å². The first-order chi connectivity index (χ1) is 6.29. The number of hydrogen-bond donors (Lipinski definition) is 1. The Morgan fingerprint density at radius 1 is 1.21 bits per heavy atom. The van der Waals surface area contributed by atoms with Gasteiger partial charge in [-0.1, -0.05) is 0 Å². The van der Waals surface area contributed by atoms with Crippen LogP contribution in [0.4, 0.5) is 0 Å². The van der Waals surface area contributed by atoms with E-state index >= 15 is 0 Å². The van der Waals surface area contributed by atoms with Crippen LogP contribution in [0.1, 0.15) is 27.7 Å². The summed E-state index contributed by atoms with van der Waals surface area (Å²) in [7, 11) is 2.16. The summed E-state index contributed by atoms with van der Waals surface area (Å²) in [5.74, 6) is 0. The van der Waals surface area contributed by atoms with E-state index in [9.17, 15) is 5.11 Å². The highest BCUT2D eigenvalue weighted by Crippen LogP contribution is 2.17. The van der Waals surface area contributed by atoms with Crippen molar-refractivity contribution in [3.8, 4) is 0 Å². The summed E-state index contributed by atoms with van der Waals surface area (Å²) in [4.78, 5) is 4.76. The highest BCUT2D eigenvalue weighted by molar-refractivity contribution is 4.86.